The Hall–Kier alpha value is -0.850. The fourth-order valence-corrected chi connectivity index (χ4v) is 3.39. The zero-order chi connectivity index (χ0) is 12.6. The molecule has 0 amide bonds. The third-order valence-corrected chi connectivity index (χ3v) is 4.23. The third kappa shape index (κ3) is 2.25. The average molecular weight is 362 g/mol. The van der Waals surface area contributed by atoms with E-state index in [4.69, 9.17) is 10.8 Å². The lowest BCUT2D eigenvalue weighted by molar-refractivity contribution is -0.138. The number of carboxylic acid groups (broad SMARTS) is 1. The number of halogens is 2. The Morgan fingerprint density at radius 3 is 2.71 bits per heavy atom. The molecule has 4 nitrogen and oxygen atoms in total. The lowest BCUT2D eigenvalue weighted by Gasteiger charge is -2.14. The number of aromatic nitrogens is 1. The van der Waals surface area contributed by atoms with Crippen LogP contribution in [0.3, 0.4) is 0 Å². The van der Waals surface area contributed by atoms with Crippen molar-refractivity contribution in [1.82, 2.24) is 4.98 Å². The number of para-hydroxylation sites is 1. The van der Waals surface area contributed by atoms with Gasteiger partial charge in [0.25, 0.3) is 0 Å². The summed E-state index contributed by atoms with van der Waals surface area (Å²) in [6.07, 6.45) is 0. The van der Waals surface area contributed by atoms with E-state index in [-0.39, 0.29) is 0 Å². The molecule has 0 aliphatic rings. The average Bonchev–Trinajstić information content (AvgIpc) is 2.62. The van der Waals surface area contributed by atoms with E-state index in [0.717, 1.165) is 21.1 Å². The zero-order valence-electron chi connectivity index (χ0n) is 8.65. The van der Waals surface area contributed by atoms with Crippen molar-refractivity contribution < 1.29 is 9.90 Å². The van der Waals surface area contributed by atoms with Gasteiger partial charge in [-0.1, -0.05) is 34.1 Å². The van der Waals surface area contributed by atoms with Crippen LogP contribution in [0.25, 0.3) is 10.9 Å². The van der Waals surface area contributed by atoms with Gasteiger partial charge < -0.3 is 15.8 Å². The number of carbonyl (C=O) groups is 1. The van der Waals surface area contributed by atoms with E-state index in [9.17, 15) is 4.79 Å². The summed E-state index contributed by atoms with van der Waals surface area (Å²) in [5, 5.41) is 9.89. The van der Waals surface area contributed by atoms with Crippen LogP contribution >= 0.6 is 31.9 Å². The maximum Gasteiger partial charge on any atom is 0.321 e. The van der Waals surface area contributed by atoms with E-state index in [1.54, 1.807) is 0 Å². The second-order valence-corrected chi connectivity index (χ2v) is 5.44. The predicted octanol–water partition coefficient (Wildman–Crippen LogP) is 2.78. The Kier molecular flexibility index (Phi) is 3.56. The van der Waals surface area contributed by atoms with Crippen molar-refractivity contribution in [2.45, 2.75) is 10.9 Å². The molecule has 1 heterocycles. The van der Waals surface area contributed by atoms with Crippen LogP contribution in [0.1, 0.15) is 10.4 Å². The molecule has 1 unspecified atom stereocenters. The minimum Gasteiger partial charge on any atom is -0.480 e. The summed E-state index contributed by atoms with van der Waals surface area (Å²) in [5.74, 6) is -1.04. The van der Waals surface area contributed by atoms with Crippen molar-refractivity contribution in [3.8, 4) is 0 Å². The summed E-state index contributed by atoms with van der Waals surface area (Å²) < 4.78 is 0.747. The minimum absolute atomic E-state index is 0.453. The monoisotopic (exact) mass is 360 g/mol. The number of carboxylic acids is 1. The van der Waals surface area contributed by atoms with E-state index in [1.807, 2.05) is 24.3 Å². The summed E-state index contributed by atoms with van der Waals surface area (Å²) in [4.78, 5) is 13.6. The maximum absolute atomic E-state index is 10.9. The molecule has 0 aliphatic carbocycles. The number of nitrogens with two attached hydrogens (primary N) is 1. The molecular formula is C11H10Br2N2O2. The van der Waals surface area contributed by atoms with Crippen molar-refractivity contribution in [1.29, 1.82) is 0 Å². The van der Waals surface area contributed by atoms with Crippen LogP contribution in [0.4, 0.5) is 0 Å². The molecule has 0 fully saturated rings. The smallest absolute Gasteiger partial charge is 0.321 e. The first-order valence-corrected chi connectivity index (χ1v) is 6.61. The molecule has 4 N–H and O–H groups in total. The summed E-state index contributed by atoms with van der Waals surface area (Å²) in [6, 6.07) is 6.67. The summed E-state index contributed by atoms with van der Waals surface area (Å²) >= 11 is 6.74. The normalized spacial score (nSPS) is 14.8. The quantitative estimate of drug-likeness (QED) is 0.735. The van der Waals surface area contributed by atoms with Crippen molar-refractivity contribution >= 4 is 48.7 Å². The standard InChI is InChI=1S/C11H10Br2N2O2/c12-8(9(14)11(16)17)7-5-3-1-2-4-6(5)15-10(7)13/h1-4,8-9,15H,14H2,(H,16,17)/t8?,9-/m0/s1. The van der Waals surface area contributed by atoms with Crippen molar-refractivity contribution in [2.75, 3.05) is 0 Å². The van der Waals surface area contributed by atoms with Gasteiger partial charge in [-0.2, -0.15) is 0 Å². The summed E-state index contributed by atoms with van der Waals surface area (Å²) in [5.41, 5.74) is 7.40. The van der Waals surface area contributed by atoms with Crippen molar-refractivity contribution in [3.05, 3.63) is 34.4 Å². The zero-order valence-corrected chi connectivity index (χ0v) is 11.8. The largest absolute Gasteiger partial charge is 0.480 e. The van der Waals surface area contributed by atoms with Gasteiger partial charge in [0, 0.05) is 16.5 Å². The van der Waals surface area contributed by atoms with Gasteiger partial charge in [0.15, 0.2) is 0 Å². The third-order valence-electron chi connectivity index (χ3n) is 2.57. The number of benzene rings is 1. The molecular weight excluding hydrogens is 352 g/mol. The topological polar surface area (TPSA) is 79.1 Å². The lowest BCUT2D eigenvalue weighted by atomic mass is 10.1. The highest BCUT2D eigenvalue weighted by Crippen LogP contribution is 2.37. The maximum atomic E-state index is 10.9. The van der Waals surface area contributed by atoms with Crippen LogP contribution in [0.15, 0.2) is 28.9 Å². The van der Waals surface area contributed by atoms with Gasteiger partial charge in [-0.25, -0.2) is 0 Å². The highest BCUT2D eigenvalue weighted by Gasteiger charge is 2.27. The minimum atomic E-state index is -1.04. The Bertz CT molecular complexity index is 568. The second-order valence-electron chi connectivity index (χ2n) is 3.66. The molecule has 90 valence electrons. The van der Waals surface area contributed by atoms with Crippen LogP contribution in [0, 0.1) is 0 Å². The number of alkyl halides is 1. The molecule has 2 aromatic rings. The van der Waals surface area contributed by atoms with Crippen LogP contribution in [0.2, 0.25) is 0 Å². The Labute approximate surface area is 114 Å². The molecule has 2 rings (SSSR count). The molecule has 2 atom stereocenters. The summed E-state index contributed by atoms with van der Waals surface area (Å²) in [6.45, 7) is 0. The van der Waals surface area contributed by atoms with Crippen molar-refractivity contribution in [2.24, 2.45) is 5.73 Å². The Morgan fingerprint density at radius 1 is 1.41 bits per heavy atom. The van der Waals surface area contributed by atoms with E-state index in [2.05, 4.69) is 36.8 Å². The molecule has 0 saturated heterocycles. The number of hydrogen-bond acceptors (Lipinski definition) is 2. The first-order valence-electron chi connectivity index (χ1n) is 4.91. The molecule has 0 saturated carbocycles. The summed E-state index contributed by atoms with van der Waals surface area (Å²) in [7, 11) is 0. The van der Waals surface area contributed by atoms with Gasteiger partial charge in [-0.15, -0.1) is 0 Å². The first kappa shape index (κ1) is 12.6. The predicted molar refractivity (Wildman–Crippen MR) is 73.3 cm³/mol. The SMILES string of the molecule is N[C@H](C(=O)O)C(Br)c1c(Br)[nH]c2ccccc12. The van der Waals surface area contributed by atoms with Crippen LogP contribution in [0.5, 0.6) is 0 Å². The second kappa shape index (κ2) is 4.80. The number of fused-ring (bicyclic) bond motifs is 1. The van der Waals surface area contributed by atoms with Crippen LogP contribution in [-0.4, -0.2) is 22.1 Å². The van der Waals surface area contributed by atoms with Gasteiger partial charge in [-0.3, -0.25) is 4.79 Å². The highest BCUT2D eigenvalue weighted by atomic mass is 79.9. The highest BCUT2D eigenvalue weighted by molar-refractivity contribution is 9.10. The number of H-pyrrole nitrogens is 1. The van der Waals surface area contributed by atoms with Gasteiger partial charge in [0.05, 0.1) is 9.43 Å². The van der Waals surface area contributed by atoms with Gasteiger partial charge in [0.1, 0.15) is 6.04 Å². The number of hydrogen-bond donors (Lipinski definition) is 3. The molecule has 0 aliphatic heterocycles. The van der Waals surface area contributed by atoms with Gasteiger partial charge >= 0.3 is 5.97 Å². The lowest BCUT2D eigenvalue weighted by Crippen LogP contribution is -2.34. The number of rotatable bonds is 3. The van der Waals surface area contributed by atoms with E-state index in [0.29, 0.717) is 0 Å². The fourth-order valence-electron chi connectivity index (χ4n) is 1.71. The Morgan fingerprint density at radius 2 is 2.06 bits per heavy atom. The number of nitrogens with one attached hydrogen (secondary N) is 1. The molecule has 1 aromatic carbocycles. The van der Waals surface area contributed by atoms with Gasteiger partial charge in [-0.05, 0) is 22.0 Å². The molecule has 0 bridgehead atoms. The van der Waals surface area contributed by atoms with Gasteiger partial charge in [0.2, 0.25) is 0 Å². The number of aliphatic carboxylic acids is 1. The number of aromatic amines is 1. The van der Waals surface area contributed by atoms with Crippen LogP contribution < -0.4 is 5.73 Å². The van der Waals surface area contributed by atoms with Crippen LogP contribution in [-0.2, 0) is 4.79 Å². The van der Waals surface area contributed by atoms with E-state index in [1.165, 1.54) is 0 Å². The molecule has 1 aromatic heterocycles. The Balaban J connectivity index is 2.54. The molecule has 6 heteroatoms. The molecule has 17 heavy (non-hydrogen) atoms. The fraction of sp³-hybridized carbons (Fsp3) is 0.182. The van der Waals surface area contributed by atoms with Crippen molar-refractivity contribution in [3.63, 3.8) is 0 Å². The first-order chi connectivity index (χ1) is 8.02. The van der Waals surface area contributed by atoms with E-state index >= 15 is 0 Å². The molecule has 0 spiro atoms. The molecule has 0 radical (unpaired) electrons. The van der Waals surface area contributed by atoms with E-state index < -0.39 is 16.8 Å².